The molecule has 6 heteroatoms. The fourth-order valence-corrected chi connectivity index (χ4v) is 2.97. The van der Waals surface area contributed by atoms with Crippen molar-refractivity contribution in [3.8, 4) is 11.3 Å². The molecule has 2 heterocycles. The van der Waals surface area contributed by atoms with Crippen LogP contribution in [0, 0.1) is 6.92 Å². The molecule has 0 bridgehead atoms. The number of nitrogens with one attached hydrogen (secondary N) is 1. The molecule has 5 nitrogen and oxygen atoms in total. The Hall–Kier alpha value is -2.47. The highest BCUT2D eigenvalue weighted by Gasteiger charge is 2.15. The van der Waals surface area contributed by atoms with E-state index in [4.69, 9.17) is 0 Å². The number of benzene rings is 1. The molecule has 1 N–H and O–H groups in total. The van der Waals surface area contributed by atoms with Gasteiger partial charge in [-0.3, -0.25) is 14.0 Å². The van der Waals surface area contributed by atoms with Crippen LogP contribution in [0.2, 0.25) is 0 Å². The third kappa shape index (κ3) is 2.23. The number of amides is 1. The number of hydrogen-bond donors (Lipinski definition) is 1. The second-order valence-corrected chi connectivity index (χ2v) is 5.50. The zero-order chi connectivity index (χ0) is 15.0. The predicted octanol–water partition coefficient (Wildman–Crippen LogP) is 2.09. The summed E-state index contributed by atoms with van der Waals surface area (Å²) < 4.78 is 1.49. The number of aryl methyl sites for hydroxylation is 1. The van der Waals surface area contributed by atoms with Crippen LogP contribution < -0.4 is 10.9 Å². The highest BCUT2D eigenvalue weighted by Crippen LogP contribution is 2.24. The van der Waals surface area contributed by atoms with E-state index in [1.165, 1.54) is 29.0 Å². The van der Waals surface area contributed by atoms with Crippen LogP contribution in [-0.2, 0) is 0 Å². The van der Waals surface area contributed by atoms with E-state index < -0.39 is 5.91 Å². The first-order valence-electron chi connectivity index (χ1n) is 6.40. The van der Waals surface area contributed by atoms with Gasteiger partial charge in [-0.15, -0.1) is 11.3 Å². The van der Waals surface area contributed by atoms with Crippen molar-refractivity contribution in [2.24, 2.45) is 0 Å². The molecule has 0 fully saturated rings. The molecule has 0 aliphatic heterocycles. The second-order valence-electron chi connectivity index (χ2n) is 4.66. The molecule has 0 aliphatic rings. The Labute approximate surface area is 124 Å². The van der Waals surface area contributed by atoms with Crippen LogP contribution in [0.25, 0.3) is 16.2 Å². The van der Waals surface area contributed by atoms with Gasteiger partial charge in [-0.2, -0.15) is 0 Å². The van der Waals surface area contributed by atoms with Gasteiger partial charge in [0.2, 0.25) is 0 Å². The number of thiazole rings is 1. The minimum absolute atomic E-state index is 0.0433. The number of hydrogen-bond acceptors (Lipinski definition) is 4. The van der Waals surface area contributed by atoms with Crippen LogP contribution in [-0.4, -0.2) is 22.3 Å². The standard InChI is InChI=1S/C15H13N3O2S/c1-9-3-5-10(6-4-9)12-8-21-15-17-7-11(13(19)16-2)14(20)18(12)15/h3-8H,1-2H3,(H,16,19). The molecule has 0 saturated heterocycles. The largest absolute Gasteiger partial charge is 0.355 e. The number of fused-ring (bicyclic) bond motifs is 1. The number of carbonyl (C=O) groups is 1. The zero-order valence-electron chi connectivity index (χ0n) is 11.6. The van der Waals surface area contributed by atoms with Crippen LogP contribution in [0.5, 0.6) is 0 Å². The van der Waals surface area contributed by atoms with E-state index in [0.29, 0.717) is 4.96 Å². The van der Waals surface area contributed by atoms with Gasteiger partial charge >= 0.3 is 0 Å². The minimum Gasteiger partial charge on any atom is -0.355 e. The van der Waals surface area contributed by atoms with Gasteiger partial charge in [0, 0.05) is 18.6 Å². The molecule has 0 spiro atoms. The highest BCUT2D eigenvalue weighted by molar-refractivity contribution is 7.15. The van der Waals surface area contributed by atoms with Gasteiger partial charge in [0.15, 0.2) is 4.96 Å². The highest BCUT2D eigenvalue weighted by atomic mass is 32.1. The van der Waals surface area contributed by atoms with Crippen molar-refractivity contribution in [1.29, 1.82) is 0 Å². The summed E-state index contributed by atoms with van der Waals surface area (Å²) in [5.41, 5.74) is 2.51. The fourth-order valence-electron chi connectivity index (χ4n) is 2.11. The number of rotatable bonds is 2. The van der Waals surface area contributed by atoms with E-state index in [2.05, 4.69) is 10.3 Å². The van der Waals surface area contributed by atoms with Gasteiger partial charge in [0.05, 0.1) is 5.69 Å². The molecular formula is C15H13N3O2S. The minimum atomic E-state index is -0.428. The van der Waals surface area contributed by atoms with Gasteiger partial charge in [-0.05, 0) is 12.5 Å². The maximum Gasteiger partial charge on any atom is 0.271 e. The summed E-state index contributed by atoms with van der Waals surface area (Å²) in [7, 11) is 1.49. The Morgan fingerprint density at radius 3 is 2.67 bits per heavy atom. The van der Waals surface area contributed by atoms with Gasteiger partial charge in [-0.1, -0.05) is 29.8 Å². The van der Waals surface area contributed by atoms with Crippen molar-refractivity contribution in [2.45, 2.75) is 6.92 Å². The summed E-state index contributed by atoms with van der Waals surface area (Å²) in [6.45, 7) is 2.01. The number of nitrogens with zero attached hydrogens (tertiary/aromatic N) is 2. The van der Waals surface area contributed by atoms with Crippen molar-refractivity contribution in [3.05, 3.63) is 57.3 Å². The second kappa shape index (κ2) is 5.14. The van der Waals surface area contributed by atoms with Gasteiger partial charge < -0.3 is 5.32 Å². The first kappa shape index (κ1) is 13.5. The molecule has 0 radical (unpaired) electrons. The van der Waals surface area contributed by atoms with E-state index in [9.17, 15) is 9.59 Å². The summed E-state index contributed by atoms with van der Waals surface area (Å²) in [6, 6.07) is 7.88. The van der Waals surface area contributed by atoms with Crippen LogP contribution in [0.3, 0.4) is 0 Å². The van der Waals surface area contributed by atoms with Crippen molar-refractivity contribution >= 4 is 22.2 Å². The van der Waals surface area contributed by atoms with Crippen molar-refractivity contribution in [2.75, 3.05) is 7.05 Å². The molecule has 3 rings (SSSR count). The third-order valence-corrected chi connectivity index (χ3v) is 4.10. The summed E-state index contributed by atoms with van der Waals surface area (Å²) in [4.78, 5) is 29.0. The van der Waals surface area contributed by atoms with E-state index in [1.807, 2.05) is 36.6 Å². The Bertz CT molecular complexity index is 878. The van der Waals surface area contributed by atoms with E-state index in [-0.39, 0.29) is 11.1 Å². The topological polar surface area (TPSA) is 63.5 Å². The molecular weight excluding hydrogens is 286 g/mol. The van der Waals surface area contributed by atoms with Crippen LogP contribution in [0.4, 0.5) is 0 Å². The average Bonchev–Trinajstić information content (AvgIpc) is 2.92. The Kier molecular flexibility index (Phi) is 3.31. The summed E-state index contributed by atoms with van der Waals surface area (Å²) in [5.74, 6) is -0.428. The SMILES string of the molecule is CNC(=O)c1cnc2scc(-c3ccc(C)cc3)n2c1=O. The summed E-state index contributed by atoms with van der Waals surface area (Å²) in [5, 5.41) is 4.33. The lowest BCUT2D eigenvalue weighted by Crippen LogP contribution is -2.29. The Morgan fingerprint density at radius 2 is 2.00 bits per heavy atom. The summed E-state index contributed by atoms with van der Waals surface area (Å²) in [6.07, 6.45) is 1.33. The third-order valence-electron chi connectivity index (χ3n) is 3.26. The van der Waals surface area contributed by atoms with Gasteiger partial charge in [0.25, 0.3) is 11.5 Å². The predicted molar refractivity (Wildman–Crippen MR) is 82.9 cm³/mol. The lowest BCUT2D eigenvalue weighted by Gasteiger charge is -2.04. The van der Waals surface area contributed by atoms with Gasteiger partial charge in [0.1, 0.15) is 5.56 Å². The van der Waals surface area contributed by atoms with E-state index >= 15 is 0 Å². The molecule has 106 valence electrons. The van der Waals surface area contributed by atoms with Crippen molar-refractivity contribution < 1.29 is 4.79 Å². The molecule has 21 heavy (non-hydrogen) atoms. The van der Waals surface area contributed by atoms with Crippen molar-refractivity contribution in [3.63, 3.8) is 0 Å². The molecule has 0 atom stereocenters. The molecule has 0 aliphatic carbocycles. The monoisotopic (exact) mass is 299 g/mol. The van der Waals surface area contributed by atoms with Gasteiger partial charge in [-0.25, -0.2) is 4.98 Å². The molecule has 0 unspecified atom stereocenters. The normalized spacial score (nSPS) is 10.8. The van der Waals surface area contributed by atoms with Crippen LogP contribution in [0.15, 0.2) is 40.6 Å². The molecule has 2 aromatic heterocycles. The van der Waals surface area contributed by atoms with Crippen molar-refractivity contribution in [1.82, 2.24) is 14.7 Å². The Balaban J connectivity index is 2.27. The van der Waals surface area contributed by atoms with E-state index in [0.717, 1.165) is 16.8 Å². The quantitative estimate of drug-likeness (QED) is 0.788. The molecule has 3 aromatic rings. The first-order chi connectivity index (χ1) is 10.1. The average molecular weight is 299 g/mol. The molecule has 1 amide bonds. The zero-order valence-corrected chi connectivity index (χ0v) is 12.4. The lowest BCUT2D eigenvalue weighted by atomic mass is 10.1. The number of carbonyl (C=O) groups excluding carboxylic acids is 1. The van der Waals surface area contributed by atoms with Crippen LogP contribution >= 0.6 is 11.3 Å². The fraction of sp³-hybridized carbons (Fsp3) is 0.133. The summed E-state index contributed by atoms with van der Waals surface area (Å²) >= 11 is 1.38. The van der Waals surface area contributed by atoms with Crippen LogP contribution in [0.1, 0.15) is 15.9 Å². The smallest absolute Gasteiger partial charge is 0.271 e. The lowest BCUT2D eigenvalue weighted by molar-refractivity contribution is 0.0961. The first-order valence-corrected chi connectivity index (χ1v) is 7.28. The number of aromatic nitrogens is 2. The Morgan fingerprint density at radius 1 is 1.29 bits per heavy atom. The maximum atomic E-state index is 12.5. The molecule has 0 saturated carbocycles. The molecule has 1 aromatic carbocycles. The van der Waals surface area contributed by atoms with E-state index in [1.54, 1.807) is 0 Å². The maximum absolute atomic E-state index is 12.5.